The van der Waals surface area contributed by atoms with Crippen molar-refractivity contribution in [3.8, 4) is 0 Å². The van der Waals surface area contributed by atoms with Crippen LogP contribution in [0.3, 0.4) is 0 Å². The third-order valence-electron chi connectivity index (χ3n) is 3.85. The zero-order chi connectivity index (χ0) is 13.1. The number of rotatable bonds is 3. The molecule has 0 aliphatic carbocycles. The lowest BCUT2D eigenvalue weighted by Gasteiger charge is -2.18. The third kappa shape index (κ3) is 2.95. The van der Waals surface area contributed by atoms with Gasteiger partial charge < -0.3 is 4.90 Å². The van der Waals surface area contributed by atoms with E-state index >= 15 is 0 Å². The first kappa shape index (κ1) is 12.2. The van der Waals surface area contributed by atoms with Crippen LogP contribution in [0.15, 0.2) is 48.5 Å². The van der Waals surface area contributed by atoms with E-state index in [4.69, 9.17) is 0 Å². The monoisotopic (exact) mass is 252 g/mol. The summed E-state index contributed by atoms with van der Waals surface area (Å²) in [7, 11) is 0. The second kappa shape index (κ2) is 5.43. The summed E-state index contributed by atoms with van der Waals surface area (Å²) >= 11 is 0. The fourth-order valence-electron chi connectivity index (χ4n) is 2.86. The molecule has 98 valence electrons. The van der Waals surface area contributed by atoms with Gasteiger partial charge in [0.2, 0.25) is 0 Å². The largest absolute Gasteiger partial charge is 0.356 e. The molecule has 0 saturated carbocycles. The Morgan fingerprint density at radius 3 is 2.74 bits per heavy atom. The predicted octanol–water partition coefficient (Wildman–Crippen LogP) is 3.46. The van der Waals surface area contributed by atoms with Gasteiger partial charge in [0, 0.05) is 18.8 Å². The quantitative estimate of drug-likeness (QED) is 0.831. The summed E-state index contributed by atoms with van der Waals surface area (Å²) in [6.07, 6.45) is 2.45. The fourth-order valence-corrected chi connectivity index (χ4v) is 2.86. The van der Waals surface area contributed by atoms with Crippen molar-refractivity contribution in [3.63, 3.8) is 0 Å². The summed E-state index contributed by atoms with van der Waals surface area (Å²) in [5.41, 5.74) is 2.55. The molecule has 1 unspecified atom stereocenters. The lowest BCUT2D eigenvalue weighted by atomic mass is 9.99. The van der Waals surface area contributed by atoms with Crippen molar-refractivity contribution in [1.82, 2.24) is 4.98 Å². The van der Waals surface area contributed by atoms with Crippen LogP contribution in [0.5, 0.6) is 0 Å². The van der Waals surface area contributed by atoms with Gasteiger partial charge in [0.15, 0.2) is 0 Å². The third-order valence-corrected chi connectivity index (χ3v) is 3.85. The van der Waals surface area contributed by atoms with E-state index < -0.39 is 0 Å². The molecular weight excluding hydrogens is 232 g/mol. The smallest absolute Gasteiger partial charge is 0.128 e. The molecule has 0 bridgehead atoms. The molecule has 2 aromatic rings. The molecule has 1 saturated heterocycles. The molecule has 3 rings (SSSR count). The summed E-state index contributed by atoms with van der Waals surface area (Å²) in [5.74, 6) is 1.89. The van der Waals surface area contributed by atoms with E-state index in [1.807, 2.05) is 0 Å². The Bertz CT molecular complexity index is 536. The Labute approximate surface area is 115 Å². The highest BCUT2D eigenvalue weighted by Gasteiger charge is 2.23. The highest BCUT2D eigenvalue weighted by atomic mass is 15.2. The summed E-state index contributed by atoms with van der Waals surface area (Å²) in [4.78, 5) is 7.04. The fraction of sp³-hybridized carbons (Fsp3) is 0.353. The number of hydrogen-bond acceptors (Lipinski definition) is 2. The molecule has 1 aliphatic heterocycles. The minimum absolute atomic E-state index is 0.754. The Morgan fingerprint density at radius 1 is 1.11 bits per heavy atom. The minimum atomic E-state index is 0.754. The van der Waals surface area contributed by atoms with Gasteiger partial charge in [-0.05, 0) is 43.4 Å². The molecule has 1 aromatic carbocycles. The van der Waals surface area contributed by atoms with E-state index in [1.54, 1.807) is 0 Å². The van der Waals surface area contributed by atoms with Crippen LogP contribution in [0.4, 0.5) is 5.82 Å². The van der Waals surface area contributed by atoms with E-state index in [-0.39, 0.29) is 0 Å². The van der Waals surface area contributed by atoms with Gasteiger partial charge in [-0.25, -0.2) is 4.98 Å². The van der Waals surface area contributed by atoms with Crippen molar-refractivity contribution in [3.05, 3.63) is 59.8 Å². The van der Waals surface area contributed by atoms with Gasteiger partial charge in [-0.2, -0.15) is 0 Å². The first-order valence-electron chi connectivity index (χ1n) is 7.04. The standard InChI is InChI=1S/C17H20N2/c1-14-6-5-9-17(18-14)19-11-10-16(13-19)12-15-7-3-2-4-8-15/h2-9,16H,10-13H2,1H3. The number of anilines is 1. The number of benzene rings is 1. The van der Waals surface area contributed by atoms with Crippen LogP contribution in [0, 0.1) is 12.8 Å². The molecule has 19 heavy (non-hydrogen) atoms. The molecule has 1 fully saturated rings. The van der Waals surface area contributed by atoms with E-state index in [2.05, 4.69) is 65.3 Å². The maximum atomic E-state index is 4.62. The van der Waals surface area contributed by atoms with E-state index in [9.17, 15) is 0 Å². The van der Waals surface area contributed by atoms with Crippen molar-refractivity contribution in [2.75, 3.05) is 18.0 Å². The summed E-state index contributed by atoms with van der Waals surface area (Å²) < 4.78 is 0. The second-order valence-electron chi connectivity index (χ2n) is 5.43. The highest BCUT2D eigenvalue weighted by Crippen LogP contribution is 2.24. The summed E-state index contributed by atoms with van der Waals surface area (Å²) in [5, 5.41) is 0. The molecule has 2 nitrogen and oxygen atoms in total. The number of hydrogen-bond donors (Lipinski definition) is 0. The van der Waals surface area contributed by atoms with Gasteiger partial charge in [-0.15, -0.1) is 0 Å². The van der Waals surface area contributed by atoms with Crippen LogP contribution in [-0.4, -0.2) is 18.1 Å². The second-order valence-corrected chi connectivity index (χ2v) is 5.43. The zero-order valence-electron chi connectivity index (χ0n) is 11.4. The van der Waals surface area contributed by atoms with Crippen LogP contribution < -0.4 is 4.90 Å². The van der Waals surface area contributed by atoms with Gasteiger partial charge in [0.25, 0.3) is 0 Å². The maximum absolute atomic E-state index is 4.62. The minimum Gasteiger partial charge on any atom is -0.356 e. The molecule has 1 aliphatic rings. The average molecular weight is 252 g/mol. The van der Waals surface area contributed by atoms with Crippen LogP contribution >= 0.6 is 0 Å². The number of aryl methyl sites for hydroxylation is 1. The van der Waals surface area contributed by atoms with Crippen molar-refractivity contribution in [2.24, 2.45) is 5.92 Å². The lowest BCUT2D eigenvalue weighted by molar-refractivity contribution is 0.586. The molecule has 1 atom stereocenters. The lowest BCUT2D eigenvalue weighted by Crippen LogP contribution is -2.21. The molecular formula is C17H20N2. The Hall–Kier alpha value is -1.83. The molecule has 0 spiro atoms. The van der Waals surface area contributed by atoms with Gasteiger partial charge in [-0.3, -0.25) is 0 Å². The normalized spacial score (nSPS) is 18.8. The molecule has 2 heteroatoms. The van der Waals surface area contributed by atoms with Crippen molar-refractivity contribution in [2.45, 2.75) is 19.8 Å². The number of aromatic nitrogens is 1. The topological polar surface area (TPSA) is 16.1 Å². The van der Waals surface area contributed by atoms with Gasteiger partial charge in [0.1, 0.15) is 5.82 Å². The molecule has 2 heterocycles. The molecule has 0 N–H and O–H groups in total. The number of nitrogens with zero attached hydrogens (tertiary/aromatic N) is 2. The molecule has 0 amide bonds. The van der Waals surface area contributed by atoms with Crippen LogP contribution in [0.1, 0.15) is 17.7 Å². The zero-order valence-corrected chi connectivity index (χ0v) is 11.4. The van der Waals surface area contributed by atoms with E-state index in [0.717, 1.165) is 30.5 Å². The Morgan fingerprint density at radius 2 is 1.95 bits per heavy atom. The highest BCUT2D eigenvalue weighted by molar-refractivity contribution is 5.40. The Kier molecular flexibility index (Phi) is 3.49. The van der Waals surface area contributed by atoms with Crippen molar-refractivity contribution >= 4 is 5.82 Å². The van der Waals surface area contributed by atoms with Gasteiger partial charge >= 0.3 is 0 Å². The van der Waals surface area contributed by atoms with E-state index in [0.29, 0.717) is 0 Å². The first-order chi connectivity index (χ1) is 9.31. The summed E-state index contributed by atoms with van der Waals surface area (Å²) in [6.45, 7) is 4.32. The first-order valence-corrected chi connectivity index (χ1v) is 7.04. The predicted molar refractivity (Wildman–Crippen MR) is 79.4 cm³/mol. The van der Waals surface area contributed by atoms with Crippen molar-refractivity contribution in [1.29, 1.82) is 0 Å². The summed E-state index contributed by atoms with van der Waals surface area (Å²) in [6, 6.07) is 17.1. The van der Waals surface area contributed by atoms with Crippen LogP contribution in [0.25, 0.3) is 0 Å². The average Bonchev–Trinajstić information content (AvgIpc) is 2.88. The van der Waals surface area contributed by atoms with Gasteiger partial charge in [-0.1, -0.05) is 36.4 Å². The SMILES string of the molecule is Cc1cccc(N2CCC(Cc3ccccc3)C2)n1. The van der Waals surface area contributed by atoms with Crippen molar-refractivity contribution < 1.29 is 0 Å². The molecule has 0 radical (unpaired) electrons. The van der Waals surface area contributed by atoms with Crippen LogP contribution in [0.2, 0.25) is 0 Å². The molecule has 1 aromatic heterocycles. The van der Waals surface area contributed by atoms with Gasteiger partial charge in [0.05, 0.1) is 0 Å². The van der Waals surface area contributed by atoms with Crippen LogP contribution in [-0.2, 0) is 6.42 Å². The maximum Gasteiger partial charge on any atom is 0.128 e. The van der Waals surface area contributed by atoms with E-state index in [1.165, 1.54) is 18.4 Å². The Balaban J connectivity index is 1.64. The number of pyridine rings is 1.